The fraction of sp³-hybridized carbons (Fsp3) is 1.00. The predicted octanol–water partition coefficient (Wildman–Crippen LogP) is 7.21. The third kappa shape index (κ3) is 2.93. The zero-order valence-electron chi connectivity index (χ0n) is 15.1. The molecule has 0 unspecified atom stereocenters. The standard InChI is InChI=1S/C15H27F7Si/c1-10(2,3)23(11(4,5)6,12(7,8)9)15(21,22)13(16,17)14(18,19)20/h1-9H3. The minimum absolute atomic E-state index is 1.34. The first-order valence-electron chi connectivity index (χ1n) is 7.32. The van der Waals surface area contributed by atoms with Gasteiger partial charge in [-0.1, -0.05) is 62.3 Å². The van der Waals surface area contributed by atoms with E-state index >= 15 is 8.78 Å². The van der Waals surface area contributed by atoms with Crippen LogP contribution in [0.15, 0.2) is 0 Å². The van der Waals surface area contributed by atoms with E-state index in [9.17, 15) is 22.0 Å². The molecule has 0 aliphatic rings. The van der Waals surface area contributed by atoms with Gasteiger partial charge in [-0.3, -0.25) is 0 Å². The van der Waals surface area contributed by atoms with Crippen molar-refractivity contribution in [1.29, 1.82) is 0 Å². The van der Waals surface area contributed by atoms with Gasteiger partial charge in [-0.15, -0.1) is 0 Å². The second kappa shape index (κ2) is 5.36. The van der Waals surface area contributed by atoms with Gasteiger partial charge in [0.25, 0.3) is 0 Å². The predicted molar refractivity (Wildman–Crippen MR) is 80.8 cm³/mol. The molecular weight excluding hydrogens is 341 g/mol. The first-order chi connectivity index (χ1) is 9.50. The fourth-order valence-corrected chi connectivity index (χ4v) is 15.4. The van der Waals surface area contributed by atoms with Gasteiger partial charge in [-0.25, -0.2) is 8.78 Å². The second-order valence-electron chi connectivity index (χ2n) is 9.15. The van der Waals surface area contributed by atoms with Crippen molar-refractivity contribution >= 4 is 8.07 Å². The number of halogens is 7. The van der Waals surface area contributed by atoms with Crippen molar-refractivity contribution in [2.75, 3.05) is 0 Å². The Labute approximate surface area is 134 Å². The van der Waals surface area contributed by atoms with Crippen LogP contribution in [0, 0.1) is 0 Å². The van der Waals surface area contributed by atoms with E-state index in [1.807, 2.05) is 0 Å². The van der Waals surface area contributed by atoms with Gasteiger partial charge in [0, 0.05) is 0 Å². The van der Waals surface area contributed by atoms with E-state index in [1.165, 1.54) is 62.3 Å². The summed E-state index contributed by atoms with van der Waals surface area (Å²) in [5.41, 5.74) is -5.17. The van der Waals surface area contributed by atoms with Gasteiger partial charge in [0.05, 0.1) is 0 Å². The fourth-order valence-electron chi connectivity index (χ4n) is 5.20. The van der Waals surface area contributed by atoms with Crippen LogP contribution in [0.1, 0.15) is 62.3 Å². The van der Waals surface area contributed by atoms with Gasteiger partial charge < -0.3 is 0 Å². The van der Waals surface area contributed by atoms with Crippen LogP contribution in [-0.2, 0) is 0 Å². The molecular formula is C15H27F7Si. The summed E-state index contributed by atoms with van der Waals surface area (Å²) in [6, 6.07) is 0. The van der Waals surface area contributed by atoms with E-state index < -0.39 is 40.8 Å². The number of hydrogen-bond donors (Lipinski definition) is 0. The van der Waals surface area contributed by atoms with Crippen molar-refractivity contribution in [2.24, 2.45) is 0 Å². The molecule has 0 amide bonds. The largest absolute Gasteiger partial charge is 0.459 e. The molecule has 0 saturated carbocycles. The maximum Gasteiger partial charge on any atom is 0.459 e. The molecule has 0 aromatic carbocycles. The van der Waals surface area contributed by atoms with Gasteiger partial charge in [0.1, 0.15) is 0 Å². The van der Waals surface area contributed by atoms with Gasteiger partial charge >= 0.3 is 17.6 Å². The van der Waals surface area contributed by atoms with Crippen molar-refractivity contribution in [3.05, 3.63) is 0 Å². The molecule has 0 nitrogen and oxygen atoms in total. The van der Waals surface area contributed by atoms with Crippen molar-refractivity contribution in [3.8, 4) is 0 Å². The minimum Gasteiger partial charge on any atom is -0.205 e. The molecule has 0 aromatic heterocycles. The number of alkyl halides is 7. The highest BCUT2D eigenvalue weighted by Crippen LogP contribution is 2.71. The van der Waals surface area contributed by atoms with E-state index in [1.54, 1.807) is 0 Å². The Morgan fingerprint density at radius 1 is 0.478 bits per heavy atom. The summed E-state index contributed by atoms with van der Waals surface area (Å²) >= 11 is 0. The lowest BCUT2D eigenvalue weighted by molar-refractivity contribution is -0.337. The third-order valence-electron chi connectivity index (χ3n) is 4.60. The molecule has 0 aromatic rings. The SMILES string of the molecule is CC(C)(C)[Si](C(C)(C)C)(C(C)(C)C)C(F)(F)C(F)(F)C(F)(F)F. The smallest absolute Gasteiger partial charge is 0.205 e. The first-order valence-corrected chi connectivity index (χ1v) is 9.32. The highest BCUT2D eigenvalue weighted by atomic mass is 28.3. The van der Waals surface area contributed by atoms with Gasteiger partial charge in [-0.2, -0.15) is 22.0 Å². The van der Waals surface area contributed by atoms with Crippen LogP contribution < -0.4 is 0 Å². The summed E-state index contributed by atoms with van der Waals surface area (Å²) < 4.78 is 96.6. The van der Waals surface area contributed by atoms with E-state index in [2.05, 4.69) is 0 Å². The van der Waals surface area contributed by atoms with Crippen LogP contribution in [0.2, 0.25) is 15.1 Å². The summed E-state index contributed by atoms with van der Waals surface area (Å²) in [5.74, 6) is -6.08. The summed E-state index contributed by atoms with van der Waals surface area (Å²) in [6.07, 6.45) is -6.31. The number of rotatable bonds is 2. The Morgan fingerprint density at radius 2 is 0.696 bits per heavy atom. The van der Waals surface area contributed by atoms with Gasteiger partial charge in [-0.05, 0) is 15.1 Å². The van der Waals surface area contributed by atoms with Gasteiger partial charge in [0.15, 0.2) is 8.07 Å². The molecule has 0 aliphatic heterocycles. The van der Waals surface area contributed by atoms with Crippen LogP contribution in [0.3, 0.4) is 0 Å². The molecule has 23 heavy (non-hydrogen) atoms. The van der Waals surface area contributed by atoms with Crippen LogP contribution in [0.25, 0.3) is 0 Å². The quantitative estimate of drug-likeness (QED) is 0.357. The van der Waals surface area contributed by atoms with E-state index in [0.717, 1.165) is 0 Å². The van der Waals surface area contributed by atoms with Crippen LogP contribution in [-0.4, -0.2) is 25.7 Å². The normalized spacial score (nSPS) is 16.7. The Bertz CT molecular complexity index is 395. The second-order valence-corrected chi connectivity index (χ2v) is 15.8. The first kappa shape index (κ1) is 22.7. The van der Waals surface area contributed by atoms with Crippen LogP contribution in [0.5, 0.6) is 0 Å². The third-order valence-corrected chi connectivity index (χ3v) is 12.6. The molecule has 0 fully saturated rings. The molecule has 0 bridgehead atoms. The Hall–Kier alpha value is -0.273. The highest BCUT2D eigenvalue weighted by Gasteiger charge is 2.86. The molecule has 140 valence electrons. The summed E-state index contributed by atoms with van der Waals surface area (Å²) in [5, 5.41) is -4.20. The molecule has 0 spiro atoms. The molecule has 0 N–H and O–H groups in total. The van der Waals surface area contributed by atoms with Crippen LogP contribution in [0.4, 0.5) is 30.7 Å². The lowest BCUT2D eigenvalue weighted by Crippen LogP contribution is -2.77. The summed E-state index contributed by atoms with van der Waals surface area (Å²) in [4.78, 5) is 0. The molecule has 0 rings (SSSR count). The average molecular weight is 368 g/mol. The topological polar surface area (TPSA) is 0 Å². The van der Waals surface area contributed by atoms with Crippen molar-refractivity contribution in [1.82, 2.24) is 0 Å². The van der Waals surface area contributed by atoms with E-state index in [-0.39, 0.29) is 0 Å². The minimum atomic E-state index is -6.31. The maximum absolute atomic E-state index is 15.1. The van der Waals surface area contributed by atoms with Crippen LogP contribution >= 0.6 is 0 Å². The maximum atomic E-state index is 15.1. The Morgan fingerprint density at radius 3 is 0.826 bits per heavy atom. The highest BCUT2D eigenvalue weighted by molar-refractivity contribution is 6.89. The van der Waals surface area contributed by atoms with E-state index in [0.29, 0.717) is 0 Å². The molecule has 0 atom stereocenters. The molecule has 0 saturated heterocycles. The summed E-state index contributed by atoms with van der Waals surface area (Å²) in [7, 11) is -4.68. The van der Waals surface area contributed by atoms with Crippen molar-refractivity contribution in [2.45, 2.75) is 95.1 Å². The molecule has 0 aliphatic carbocycles. The van der Waals surface area contributed by atoms with Crippen molar-refractivity contribution in [3.63, 3.8) is 0 Å². The zero-order valence-corrected chi connectivity index (χ0v) is 16.1. The van der Waals surface area contributed by atoms with Crippen molar-refractivity contribution < 1.29 is 30.7 Å². The Kier molecular flexibility index (Phi) is 5.30. The lowest BCUT2D eigenvalue weighted by atomic mass is 10.2. The molecule has 8 heteroatoms. The lowest BCUT2D eigenvalue weighted by Gasteiger charge is -2.62. The average Bonchev–Trinajstić information content (AvgIpc) is 2.06. The van der Waals surface area contributed by atoms with E-state index in [4.69, 9.17) is 0 Å². The summed E-state index contributed by atoms with van der Waals surface area (Å²) in [6.45, 7) is 12.1. The molecule has 0 heterocycles. The monoisotopic (exact) mass is 368 g/mol. The number of hydrogen-bond acceptors (Lipinski definition) is 0. The zero-order chi connectivity index (χ0) is 19.5. The Balaban J connectivity index is 7.12. The van der Waals surface area contributed by atoms with Gasteiger partial charge in [0.2, 0.25) is 0 Å². The molecule has 0 radical (unpaired) electrons.